The molecule has 1 aliphatic heterocycles. The minimum atomic E-state index is -3.17. The molecule has 1 aliphatic rings. The number of hydrogen-bond donors (Lipinski definition) is 1. The highest BCUT2D eigenvalue weighted by atomic mass is 32.2. The molecule has 0 bridgehead atoms. The Morgan fingerprint density at radius 1 is 1.30 bits per heavy atom. The van der Waals surface area contributed by atoms with E-state index in [-0.39, 0.29) is 24.2 Å². The molecule has 0 aromatic heterocycles. The van der Waals surface area contributed by atoms with Gasteiger partial charge in [-0.1, -0.05) is 13.3 Å². The molecule has 1 heterocycles. The molecule has 1 amide bonds. The number of likely N-dealkylation sites (N-methyl/N-ethyl adjacent to an activating group) is 1. The van der Waals surface area contributed by atoms with E-state index in [0.717, 1.165) is 32.4 Å². The molecule has 1 rings (SSSR count). The van der Waals surface area contributed by atoms with Crippen LogP contribution in [0, 0.1) is 0 Å². The smallest absolute Gasteiger partial charge is 0.237 e. The van der Waals surface area contributed by atoms with Crippen LogP contribution in [0.25, 0.3) is 0 Å². The molecule has 1 unspecified atom stereocenters. The van der Waals surface area contributed by atoms with Crippen LogP contribution in [0.3, 0.4) is 0 Å². The van der Waals surface area contributed by atoms with Crippen molar-refractivity contribution < 1.29 is 13.2 Å². The lowest BCUT2D eigenvalue weighted by Gasteiger charge is -2.33. The van der Waals surface area contributed by atoms with Crippen LogP contribution in [0.4, 0.5) is 0 Å². The van der Waals surface area contributed by atoms with Gasteiger partial charge in [-0.2, -0.15) is 0 Å². The first-order valence-corrected chi connectivity index (χ1v) is 9.08. The van der Waals surface area contributed by atoms with Crippen LogP contribution in [0.2, 0.25) is 0 Å². The lowest BCUT2D eigenvalue weighted by Crippen LogP contribution is -2.50. The fourth-order valence-corrected chi connectivity index (χ4v) is 3.38. The number of rotatable bonds is 5. The summed E-state index contributed by atoms with van der Waals surface area (Å²) >= 11 is 0. The summed E-state index contributed by atoms with van der Waals surface area (Å²) in [7, 11) is -3.17. The van der Waals surface area contributed by atoms with E-state index in [1.165, 1.54) is 0 Å². The average molecular weight is 304 g/mol. The summed E-state index contributed by atoms with van der Waals surface area (Å²) in [4.78, 5) is 14.3. The highest BCUT2D eigenvalue weighted by molar-refractivity contribution is 7.92. The van der Waals surface area contributed by atoms with Gasteiger partial charge in [-0.05, 0) is 46.7 Å². The van der Waals surface area contributed by atoms with Crippen molar-refractivity contribution in [2.75, 3.05) is 25.4 Å². The van der Waals surface area contributed by atoms with Gasteiger partial charge in [0.15, 0.2) is 9.84 Å². The predicted molar refractivity (Wildman–Crippen MR) is 81.4 cm³/mol. The summed E-state index contributed by atoms with van der Waals surface area (Å²) in [6, 6.07) is -0.0916. The molecule has 20 heavy (non-hydrogen) atoms. The van der Waals surface area contributed by atoms with Gasteiger partial charge in [-0.3, -0.25) is 9.69 Å². The molecule has 1 atom stereocenters. The van der Waals surface area contributed by atoms with Gasteiger partial charge in [-0.15, -0.1) is 0 Å². The predicted octanol–water partition coefficient (Wildman–Crippen LogP) is 1.19. The average Bonchev–Trinajstić information content (AvgIpc) is 2.37. The van der Waals surface area contributed by atoms with Crippen LogP contribution in [-0.4, -0.2) is 55.4 Å². The number of likely N-dealkylation sites (tertiary alicyclic amines) is 1. The maximum absolute atomic E-state index is 12.2. The number of carbonyl (C=O) groups excluding carboxylic acids is 1. The molecule has 0 aromatic carbocycles. The Kier molecular flexibility index (Phi) is 6.01. The van der Waals surface area contributed by atoms with Crippen molar-refractivity contribution in [2.24, 2.45) is 0 Å². The maximum Gasteiger partial charge on any atom is 0.237 e. The maximum atomic E-state index is 12.2. The largest absolute Gasteiger partial charge is 0.354 e. The quantitative estimate of drug-likeness (QED) is 0.828. The minimum Gasteiger partial charge on any atom is -0.354 e. The first-order valence-electron chi connectivity index (χ1n) is 7.43. The van der Waals surface area contributed by atoms with Crippen molar-refractivity contribution in [1.82, 2.24) is 10.2 Å². The van der Waals surface area contributed by atoms with Gasteiger partial charge in [0.1, 0.15) is 0 Å². The molecular weight excluding hydrogens is 276 g/mol. The summed E-state index contributed by atoms with van der Waals surface area (Å²) in [6.07, 6.45) is 3.07. The van der Waals surface area contributed by atoms with Crippen LogP contribution in [0.15, 0.2) is 0 Å². The van der Waals surface area contributed by atoms with Gasteiger partial charge >= 0.3 is 0 Å². The van der Waals surface area contributed by atoms with Crippen molar-refractivity contribution in [1.29, 1.82) is 0 Å². The third kappa shape index (κ3) is 4.45. The normalized spacial score (nSPS) is 21.7. The Balaban J connectivity index is 2.47. The molecule has 5 nitrogen and oxygen atoms in total. The molecule has 0 spiro atoms. The Labute approximate surface area is 123 Å². The number of nitrogens with one attached hydrogen (secondary N) is 1. The zero-order valence-corrected chi connectivity index (χ0v) is 13.9. The zero-order valence-electron chi connectivity index (χ0n) is 13.1. The van der Waals surface area contributed by atoms with Gasteiger partial charge in [-0.25, -0.2) is 8.42 Å². The summed E-state index contributed by atoms with van der Waals surface area (Å²) in [5.41, 5.74) is 0. The number of hydrogen-bond acceptors (Lipinski definition) is 4. The monoisotopic (exact) mass is 304 g/mol. The van der Waals surface area contributed by atoms with Crippen LogP contribution in [0.1, 0.15) is 47.0 Å². The van der Waals surface area contributed by atoms with Crippen molar-refractivity contribution in [3.8, 4) is 0 Å². The standard InChI is InChI=1S/C14H28N2O3S/c1-5-16-10-7-6-8-12(16)13(17)15-9-11-20(18,19)14(2,3)4/h12H,5-11H2,1-4H3,(H,15,17). The molecule has 1 N–H and O–H groups in total. The van der Waals surface area contributed by atoms with Gasteiger partial charge in [0, 0.05) is 6.54 Å². The van der Waals surface area contributed by atoms with Crippen molar-refractivity contribution >= 4 is 15.7 Å². The second-order valence-electron chi connectivity index (χ2n) is 6.36. The lowest BCUT2D eigenvalue weighted by atomic mass is 10.0. The Morgan fingerprint density at radius 3 is 2.50 bits per heavy atom. The molecule has 118 valence electrons. The highest BCUT2D eigenvalue weighted by Gasteiger charge is 2.30. The zero-order chi connectivity index (χ0) is 15.4. The van der Waals surface area contributed by atoms with Gasteiger partial charge < -0.3 is 5.32 Å². The Morgan fingerprint density at radius 2 is 1.95 bits per heavy atom. The first-order chi connectivity index (χ1) is 9.19. The molecule has 1 fully saturated rings. The number of sulfone groups is 1. The van der Waals surface area contributed by atoms with Crippen molar-refractivity contribution in [3.05, 3.63) is 0 Å². The summed E-state index contributed by atoms with van der Waals surface area (Å²) in [6.45, 7) is 9.12. The van der Waals surface area contributed by atoms with E-state index < -0.39 is 14.6 Å². The summed E-state index contributed by atoms with van der Waals surface area (Å²) in [5.74, 6) is -0.0307. The van der Waals surface area contributed by atoms with E-state index in [1.54, 1.807) is 20.8 Å². The second kappa shape index (κ2) is 6.89. The second-order valence-corrected chi connectivity index (χ2v) is 9.22. The fraction of sp³-hybridized carbons (Fsp3) is 0.929. The van der Waals surface area contributed by atoms with Crippen molar-refractivity contribution in [3.63, 3.8) is 0 Å². The molecule has 0 saturated carbocycles. The summed E-state index contributed by atoms with van der Waals surface area (Å²) in [5, 5.41) is 2.79. The number of piperidine rings is 1. The van der Waals surface area contributed by atoms with Gasteiger partial charge in [0.2, 0.25) is 5.91 Å². The van der Waals surface area contributed by atoms with Crippen LogP contribution in [-0.2, 0) is 14.6 Å². The summed E-state index contributed by atoms with van der Waals surface area (Å²) < 4.78 is 23.2. The van der Waals surface area contributed by atoms with Gasteiger partial charge in [0.25, 0.3) is 0 Å². The number of carbonyl (C=O) groups is 1. The molecule has 6 heteroatoms. The Hall–Kier alpha value is -0.620. The number of amides is 1. The molecule has 1 saturated heterocycles. The van der Waals surface area contributed by atoms with E-state index >= 15 is 0 Å². The van der Waals surface area contributed by atoms with Gasteiger partial charge in [0.05, 0.1) is 16.5 Å². The topological polar surface area (TPSA) is 66.5 Å². The van der Waals surface area contributed by atoms with Crippen molar-refractivity contribution in [2.45, 2.75) is 57.7 Å². The minimum absolute atomic E-state index is 0.00108. The van der Waals surface area contributed by atoms with Crippen LogP contribution in [0.5, 0.6) is 0 Å². The Bertz CT molecular complexity index is 426. The van der Waals surface area contributed by atoms with E-state index in [2.05, 4.69) is 17.1 Å². The van der Waals surface area contributed by atoms with Crippen LogP contribution < -0.4 is 5.32 Å². The van der Waals surface area contributed by atoms with E-state index in [0.29, 0.717) is 0 Å². The highest BCUT2D eigenvalue weighted by Crippen LogP contribution is 2.17. The van der Waals surface area contributed by atoms with Crippen LogP contribution >= 0.6 is 0 Å². The van der Waals surface area contributed by atoms with E-state index in [9.17, 15) is 13.2 Å². The molecular formula is C14H28N2O3S. The third-order valence-corrected chi connectivity index (χ3v) is 6.53. The fourth-order valence-electron chi connectivity index (χ4n) is 2.40. The lowest BCUT2D eigenvalue weighted by molar-refractivity contribution is -0.127. The molecule has 0 aliphatic carbocycles. The van der Waals surface area contributed by atoms with E-state index in [4.69, 9.17) is 0 Å². The number of nitrogens with zero attached hydrogens (tertiary/aromatic N) is 1. The third-order valence-electron chi connectivity index (χ3n) is 3.93. The molecule has 0 aromatic rings. The van der Waals surface area contributed by atoms with E-state index in [1.807, 2.05) is 0 Å². The first kappa shape index (κ1) is 17.4. The molecule has 0 radical (unpaired) electrons. The SMILES string of the molecule is CCN1CCCCC1C(=O)NCCS(=O)(=O)C(C)(C)C.